The summed E-state index contributed by atoms with van der Waals surface area (Å²) in [5.74, 6) is -0.187. The number of aliphatic hydroxyl groups excluding tert-OH is 1. The van der Waals surface area contributed by atoms with E-state index in [9.17, 15) is 19.4 Å². The molecular weight excluding hydrogens is 1080 g/mol. The number of aliphatic hydroxyl groups is 1. The van der Waals surface area contributed by atoms with Gasteiger partial charge in [0, 0.05) is 6.42 Å². The van der Waals surface area contributed by atoms with Gasteiger partial charge in [0.2, 0.25) is 5.91 Å². The summed E-state index contributed by atoms with van der Waals surface area (Å²) in [7, 11) is 1.55. The van der Waals surface area contributed by atoms with Crippen LogP contribution < -0.4 is 5.32 Å². The zero-order valence-corrected chi connectivity index (χ0v) is 58.7. The van der Waals surface area contributed by atoms with Crippen LogP contribution in [0.1, 0.15) is 361 Å². The van der Waals surface area contributed by atoms with Gasteiger partial charge in [-0.15, -0.1) is 0 Å². The summed E-state index contributed by atoms with van der Waals surface area (Å²) >= 11 is 0. The summed E-state index contributed by atoms with van der Waals surface area (Å²) in [6.07, 6.45) is 95.1. The van der Waals surface area contributed by atoms with Crippen LogP contribution in [0.2, 0.25) is 0 Å². The third-order valence-corrected chi connectivity index (χ3v) is 17.9. The number of nitrogens with one attached hydrogen (secondary N) is 1. The molecule has 0 spiro atoms. The number of carbonyl (C=O) groups is 1. The third kappa shape index (κ3) is 69.4. The summed E-state index contributed by atoms with van der Waals surface area (Å²) in [6, 6.07) is -0.874. The van der Waals surface area contributed by atoms with Crippen LogP contribution in [-0.4, -0.2) is 73.4 Å². The highest BCUT2D eigenvalue weighted by molar-refractivity contribution is 7.47. The summed E-state index contributed by atoms with van der Waals surface area (Å²) in [4.78, 5) is 23.4. The molecule has 0 aliphatic heterocycles. The monoisotopic (exact) mass is 1230 g/mol. The number of hydrogen-bond acceptors (Lipinski definition) is 5. The average Bonchev–Trinajstić information content (AvgIpc) is 3.70. The number of nitrogens with zero attached hydrogens (tertiary/aromatic N) is 1. The normalized spacial score (nSPS) is 14.0. The minimum atomic E-state index is -4.37. The Kier molecular flexibility index (Phi) is 65.7. The Bertz CT molecular complexity index is 1630. The number of phosphoric ester groups is 1. The molecule has 3 atom stereocenters. The van der Waals surface area contributed by atoms with E-state index in [-0.39, 0.29) is 19.1 Å². The molecule has 8 nitrogen and oxygen atoms in total. The van der Waals surface area contributed by atoms with Gasteiger partial charge >= 0.3 is 7.82 Å². The molecule has 0 saturated carbocycles. The second kappa shape index (κ2) is 67.3. The van der Waals surface area contributed by atoms with Crippen molar-refractivity contribution in [1.29, 1.82) is 0 Å². The largest absolute Gasteiger partial charge is 0.472 e. The molecule has 0 saturated heterocycles. The quantitative estimate of drug-likeness (QED) is 0.0243. The van der Waals surface area contributed by atoms with E-state index in [1.54, 1.807) is 6.08 Å². The van der Waals surface area contributed by atoms with Crippen LogP contribution in [0, 0.1) is 0 Å². The van der Waals surface area contributed by atoms with E-state index in [0.717, 1.165) is 57.8 Å². The maximum absolute atomic E-state index is 13.1. The Morgan fingerprint density at radius 3 is 1.01 bits per heavy atom. The van der Waals surface area contributed by atoms with Gasteiger partial charge in [-0.05, 0) is 83.5 Å². The van der Waals surface area contributed by atoms with Gasteiger partial charge in [-0.3, -0.25) is 13.8 Å². The maximum atomic E-state index is 13.1. The number of allylic oxidation sites excluding steroid dienone is 11. The van der Waals surface area contributed by atoms with Gasteiger partial charge in [0.1, 0.15) is 13.2 Å². The minimum Gasteiger partial charge on any atom is -0.387 e. The fourth-order valence-corrected chi connectivity index (χ4v) is 11.8. The van der Waals surface area contributed by atoms with Crippen molar-refractivity contribution < 1.29 is 32.9 Å². The number of hydrogen-bond donors (Lipinski definition) is 3. The Balaban J connectivity index is 4.08. The SMILES string of the molecule is CCCCCCC/C=C\C/C=C\C/C=C\CCCCCCCCCCCCCCCCCCCCC(=O)NC(COP(=O)(O)OCC[N+](C)(C)C)C(O)/C=C/CC/C=C/CC/C=C/CCCCCCCCCCCCCCCCCCCCCCC. The summed E-state index contributed by atoms with van der Waals surface area (Å²) in [5.41, 5.74) is 0. The molecule has 504 valence electrons. The van der Waals surface area contributed by atoms with Gasteiger partial charge in [0.15, 0.2) is 0 Å². The lowest BCUT2D eigenvalue weighted by molar-refractivity contribution is -0.870. The van der Waals surface area contributed by atoms with E-state index >= 15 is 0 Å². The number of likely N-dealkylation sites (N-methyl/N-ethyl adjacent to an activating group) is 1. The van der Waals surface area contributed by atoms with Crippen molar-refractivity contribution in [2.24, 2.45) is 0 Å². The predicted octanol–water partition coefficient (Wildman–Crippen LogP) is 24.1. The minimum absolute atomic E-state index is 0.0526. The number of quaternary nitrogens is 1. The molecule has 0 bridgehead atoms. The van der Waals surface area contributed by atoms with Crippen LogP contribution in [0.5, 0.6) is 0 Å². The fraction of sp³-hybridized carbons (Fsp3) is 0.831. The van der Waals surface area contributed by atoms with Gasteiger partial charge in [-0.2, -0.15) is 0 Å². The highest BCUT2D eigenvalue weighted by Crippen LogP contribution is 2.43. The lowest BCUT2D eigenvalue weighted by Gasteiger charge is -2.25. The first kappa shape index (κ1) is 83.9. The number of phosphoric acid groups is 1. The smallest absolute Gasteiger partial charge is 0.387 e. The van der Waals surface area contributed by atoms with Gasteiger partial charge in [-0.25, -0.2) is 4.57 Å². The topological polar surface area (TPSA) is 105 Å². The summed E-state index contributed by atoms with van der Waals surface area (Å²) < 4.78 is 23.8. The molecule has 0 aromatic heterocycles. The molecule has 3 unspecified atom stereocenters. The maximum Gasteiger partial charge on any atom is 0.472 e. The highest BCUT2D eigenvalue weighted by atomic mass is 31.2. The highest BCUT2D eigenvalue weighted by Gasteiger charge is 2.28. The van der Waals surface area contributed by atoms with Crippen LogP contribution >= 0.6 is 7.82 Å². The van der Waals surface area contributed by atoms with Crippen LogP contribution in [0.3, 0.4) is 0 Å². The molecule has 9 heteroatoms. The molecule has 3 N–H and O–H groups in total. The van der Waals surface area contributed by atoms with E-state index in [2.05, 4.69) is 79.9 Å². The van der Waals surface area contributed by atoms with E-state index < -0.39 is 20.0 Å². The van der Waals surface area contributed by atoms with Gasteiger partial charge in [0.05, 0.1) is 39.9 Å². The molecule has 0 aliphatic rings. The lowest BCUT2D eigenvalue weighted by Crippen LogP contribution is -2.45. The van der Waals surface area contributed by atoms with Crippen molar-refractivity contribution in [1.82, 2.24) is 5.32 Å². The molecule has 0 aliphatic carbocycles. The van der Waals surface area contributed by atoms with Crippen molar-refractivity contribution in [3.63, 3.8) is 0 Å². The van der Waals surface area contributed by atoms with Gasteiger partial charge in [-0.1, -0.05) is 344 Å². The molecule has 0 fully saturated rings. The van der Waals surface area contributed by atoms with E-state index in [1.807, 2.05) is 27.2 Å². The van der Waals surface area contributed by atoms with Crippen molar-refractivity contribution in [2.75, 3.05) is 40.9 Å². The fourth-order valence-electron chi connectivity index (χ4n) is 11.1. The van der Waals surface area contributed by atoms with E-state index in [0.29, 0.717) is 17.4 Å². The molecule has 1 amide bonds. The molecule has 0 aromatic rings. The summed E-state index contributed by atoms with van der Waals surface area (Å²) in [6.45, 7) is 4.82. The van der Waals surface area contributed by atoms with E-state index in [4.69, 9.17) is 9.05 Å². The van der Waals surface area contributed by atoms with Crippen molar-refractivity contribution in [3.8, 4) is 0 Å². The first-order chi connectivity index (χ1) is 42.0. The molecular formula is C77H146N2O6P+. The third-order valence-electron chi connectivity index (χ3n) is 16.9. The van der Waals surface area contributed by atoms with Crippen molar-refractivity contribution in [3.05, 3.63) is 72.9 Å². The Hall–Kier alpha value is -2.06. The summed E-state index contributed by atoms with van der Waals surface area (Å²) in [5, 5.41) is 14.0. The second-order valence-corrected chi connectivity index (χ2v) is 28.1. The Labute approximate surface area is 535 Å². The van der Waals surface area contributed by atoms with Crippen LogP contribution in [0.15, 0.2) is 72.9 Å². The second-order valence-electron chi connectivity index (χ2n) is 26.7. The number of rotatable bonds is 69. The predicted molar refractivity (Wildman–Crippen MR) is 378 cm³/mol. The van der Waals surface area contributed by atoms with Gasteiger partial charge in [0.25, 0.3) is 0 Å². The molecule has 0 rings (SSSR count). The van der Waals surface area contributed by atoms with Crippen LogP contribution in [-0.2, 0) is 18.4 Å². The zero-order chi connectivity index (χ0) is 62.6. The van der Waals surface area contributed by atoms with Crippen molar-refractivity contribution >= 4 is 13.7 Å². The number of unbranched alkanes of at least 4 members (excludes halogenated alkanes) is 46. The molecule has 0 heterocycles. The van der Waals surface area contributed by atoms with Crippen LogP contribution in [0.25, 0.3) is 0 Å². The van der Waals surface area contributed by atoms with Gasteiger partial charge < -0.3 is 19.8 Å². The first-order valence-corrected chi connectivity index (χ1v) is 38.8. The molecule has 0 aromatic carbocycles. The Morgan fingerprint density at radius 1 is 0.395 bits per heavy atom. The van der Waals surface area contributed by atoms with Crippen molar-refractivity contribution in [2.45, 2.75) is 373 Å². The average molecular weight is 1230 g/mol. The van der Waals surface area contributed by atoms with E-state index in [1.165, 1.54) is 283 Å². The lowest BCUT2D eigenvalue weighted by atomic mass is 10.0. The van der Waals surface area contributed by atoms with Crippen LogP contribution in [0.4, 0.5) is 0 Å². The standard InChI is InChI=1S/C77H145N2O6P/c1-6-8-10-12-14-16-18-20-22-24-26-28-30-32-34-36-38-39-41-43-45-47-49-51-53-55-57-59-61-63-65-67-69-71-77(81)78-75(74-85-86(82,83)84-73-72-79(3,4)5)76(80)70-68-66-64-62-60-58-56-54-52-50-48-46-44-42-40-37-35-33-31-29-27-25-23-21-19-17-15-13-11-9-7-2/h18,20,24,26,30,32,52,54,60,62,68,70,75-76,80H,6-17,19,21-23,25,27-29,31,33-51,53,55-59,61,63-67,69,71-74H2,1-5H3,(H-,78,81,82,83)/p+1/b20-18-,26-24-,32-30-,54-52+,62-60+,70-68+. The number of carbonyl (C=O) groups excluding carboxylic acids is 1. The molecule has 0 radical (unpaired) electrons. The number of amides is 1. The zero-order valence-electron chi connectivity index (χ0n) is 57.8. The Morgan fingerprint density at radius 2 is 0.674 bits per heavy atom. The first-order valence-electron chi connectivity index (χ1n) is 37.3. The molecule has 86 heavy (non-hydrogen) atoms.